The highest BCUT2D eigenvalue weighted by Gasteiger charge is 2.46. The highest BCUT2D eigenvalue weighted by molar-refractivity contribution is 7.86. The fourth-order valence-electron chi connectivity index (χ4n) is 3.61. The van der Waals surface area contributed by atoms with Crippen molar-refractivity contribution in [2.24, 2.45) is 5.92 Å². The van der Waals surface area contributed by atoms with E-state index >= 15 is 0 Å². The van der Waals surface area contributed by atoms with Crippen molar-refractivity contribution in [2.75, 3.05) is 6.61 Å². The summed E-state index contributed by atoms with van der Waals surface area (Å²) < 4.78 is 41.1. The molecule has 0 bridgehead atoms. The molecule has 2 aliphatic rings. The molecule has 0 N–H and O–H groups in total. The van der Waals surface area contributed by atoms with Gasteiger partial charge < -0.3 is 9.47 Å². The van der Waals surface area contributed by atoms with E-state index in [1.54, 1.807) is 24.3 Å². The Bertz CT molecular complexity index is 649. The van der Waals surface area contributed by atoms with Gasteiger partial charge in [-0.3, -0.25) is 4.18 Å². The largest absolute Gasteiger partial charge is 0.345 e. The molecule has 1 aliphatic carbocycles. The van der Waals surface area contributed by atoms with Crippen molar-refractivity contribution in [1.29, 1.82) is 0 Å². The van der Waals surface area contributed by atoms with E-state index < -0.39 is 15.9 Å². The Labute approximate surface area is 144 Å². The van der Waals surface area contributed by atoms with Crippen molar-refractivity contribution in [3.05, 3.63) is 29.8 Å². The molecular weight excluding hydrogens is 328 g/mol. The van der Waals surface area contributed by atoms with E-state index in [2.05, 4.69) is 0 Å². The summed E-state index contributed by atoms with van der Waals surface area (Å²) >= 11 is 0. The maximum atomic E-state index is 12.1. The number of hydrogen-bond donors (Lipinski definition) is 0. The molecule has 0 amide bonds. The summed E-state index contributed by atoms with van der Waals surface area (Å²) in [5.41, 5.74) is 1.02. The number of aryl methyl sites for hydroxylation is 1. The van der Waals surface area contributed by atoms with Crippen molar-refractivity contribution in [3.8, 4) is 0 Å². The lowest BCUT2D eigenvalue weighted by molar-refractivity contribution is -0.154. The molecule has 1 aromatic carbocycles. The molecule has 1 unspecified atom stereocenters. The van der Waals surface area contributed by atoms with Crippen molar-refractivity contribution in [1.82, 2.24) is 0 Å². The van der Waals surface area contributed by atoms with Gasteiger partial charge in [0.15, 0.2) is 5.79 Å². The van der Waals surface area contributed by atoms with Gasteiger partial charge in [-0.1, -0.05) is 17.7 Å². The number of hydrogen-bond acceptors (Lipinski definition) is 5. The summed E-state index contributed by atoms with van der Waals surface area (Å²) in [7, 11) is -3.65. The van der Waals surface area contributed by atoms with Gasteiger partial charge in [0.05, 0.1) is 23.7 Å². The van der Waals surface area contributed by atoms with E-state index in [-0.39, 0.29) is 23.7 Å². The van der Waals surface area contributed by atoms with Crippen molar-refractivity contribution in [2.45, 2.75) is 69.3 Å². The van der Waals surface area contributed by atoms with E-state index in [1.165, 1.54) is 0 Å². The summed E-state index contributed by atoms with van der Waals surface area (Å²) in [6.07, 6.45) is 3.99. The van der Waals surface area contributed by atoms with Crippen LogP contribution < -0.4 is 0 Å². The highest BCUT2D eigenvalue weighted by atomic mass is 32.2. The van der Waals surface area contributed by atoms with Crippen LogP contribution in [0.25, 0.3) is 0 Å². The van der Waals surface area contributed by atoms with Crippen LogP contribution in [0.15, 0.2) is 29.2 Å². The molecule has 1 aromatic rings. The van der Waals surface area contributed by atoms with Crippen LogP contribution in [-0.4, -0.2) is 33.0 Å². The number of benzene rings is 1. The van der Waals surface area contributed by atoms with Gasteiger partial charge in [-0.25, -0.2) is 0 Å². The second-order valence-electron chi connectivity index (χ2n) is 7.28. The molecule has 1 heterocycles. The first-order chi connectivity index (χ1) is 11.3. The Balaban J connectivity index is 1.41. The molecule has 1 aliphatic heterocycles. The van der Waals surface area contributed by atoms with Gasteiger partial charge in [-0.15, -0.1) is 0 Å². The van der Waals surface area contributed by atoms with Crippen LogP contribution >= 0.6 is 0 Å². The van der Waals surface area contributed by atoms with Gasteiger partial charge in [0.1, 0.15) is 0 Å². The molecule has 2 fully saturated rings. The monoisotopic (exact) mass is 354 g/mol. The van der Waals surface area contributed by atoms with Crippen molar-refractivity contribution in [3.63, 3.8) is 0 Å². The van der Waals surface area contributed by atoms with Gasteiger partial charge in [0.2, 0.25) is 0 Å². The van der Waals surface area contributed by atoms with Gasteiger partial charge >= 0.3 is 0 Å². The van der Waals surface area contributed by atoms with Gasteiger partial charge in [0, 0.05) is 0 Å². The van der Waals surface area contributed by atoms with Crippen LogP contribution in [0.5, 0.6) is 0 Å². The topological polar surface area (TPSA) is 61.8 Å². The first-order valence-electron chi connectivity index (χ1n) is 8.57. The fourth-order valence-corrected chi connectivity index (χ4v) is 4.55. The molecule has 1 saturated carbocycles. The third-order valence-electron chi connectivity index (χ3n) is 4.72. The van der Waals surface area contributed by atoms with E-state index in [0.717, 1.165) is 31.2 Å². The third kappa shape index (κ3) is 4.17. The molecule has 134 valence electrons. The zero-order valence-corrected chi connectivity index (χ0v) is 15.3. The Morgan fingerprint density at radius 1 is 1.12 bits per heavy atom. The summed E-state index contributed by atoms with van der Waals surface area (Å²) in [5, 5.41) is 0. The first-order valence-corrected chi connectivity index (χ1v) is 9.98. The Hall–Kier alpha value is -0.950. The van der Waals surface area contributed by atoms with Gasteiger partial charge in [-0.2, -0.15) is 8.42 Å². The Morgan fingerprint density at radius 2 is 1.71 bits per heavy atom. The summed E-state index contributed by atoms with van der Waals surface area (Å²) in [6, 6.07) is 6.71. The minimum Gasteiger partial charge on any atom is -0.345 e. The van der Waals surface area contributed by atoms with Gasteiger partial charge in [0.25, 0.3) is 10.1 Å². The van der Waals surface area contributed by atoms with Crippen molar-refractivity contribution < 1.29 is 22.1 Å². The molecule has 24 heavy (non-hydrogen) atoms. The first kappa shape index (κ1) is 17.9. The fraction of sp³-hybridized carbons (Fsp3) is 0.667. The molecule has 0 aromatic heterocycles. The van der Waals surface area contributed by atoms with E-state index in [0.29, 0.717) is 5.92 Å². The quantitative estimate of drug-likeness (QED) is 0.579. The van der Waals surface area contributed by atoms with Gasteiger partial charge in [-0.05, 0) is 64.5 Å². The Morgan fingerprint density at radius 3 is 2.29 bits per heavy atom. The van der Waals surface area contributed by atoms with E-state index in [4.69, 9.17) is 13.7 Å². The average molecular weight is 354 g/mol. The Kier molecular flexibility index (Phi) is 5.02. The summed E-state index contributed by atoms with van der Waals surface area (Å²) in [5.74, 6) is 0.0488. The minimum absolute atomic E-state index is 0.183. The molecule has 3 rings (SSSR count). The molecule has 1 saturated heterocycles. The molecular formula is C18H26O5S. The maximum Gasteiger partial charge on any atom is 0.296 e. The zero-order valence-electron chi connectivity index (χ0n) is 14.5. The molecule has 5 nitrogen and oxygen atoms in total. The number of rotatable bonds is 6. The van der Waals surface area contributed by atoms with Crippen LogP contribution in [0.4, 0.5) is 0 Å². The molecule has 6 heteroatoms. The molecule has 0 spiro atoms. The van der Waals surface area contributed by atoms with Crippen molar-refractivity contribution >= 4 is 10.1 Å². The second-order valence-corrected chi connectivity index (χ2v) is 8.90. The van der Waals surface area contributed by atoms with E-state index in [9.17, 15) is 8.42 Å². The lowest BCUT2D eigenvalue weighted by Gasteiger charge is -2.20. The smallest absolute Gasteiger partial charge is 0.296 e. The van der Waals surface area contributed by atoms with Crippen LogP contribution in [0, 0.1) is 12.8 Å². The summed E-state index contributed by atoms with van der Waals surface area (Å²) in [4.78, 5) is 0.215. The van der Waals surface area contributed by atoms with Crippen LogP contribution in [0.2, 0.25) is 0 Å². The predicted molar refractivity (Wildman–Crippen MR) is 90.1 cm³/mol. The third-order valence-corrected chi connectivity index (χ3v) is 6.05. The highest BCUT2D eigenvalue weighted by Crippen LogP contribution is 2.42. The maximum absolute atomic E-state index is 12.1. The number of ether oxygens (including phenoxy) is 2. The normalized spacial score (nSPS) is 28.9. The average Bonchev–Trinajstić information content (AvgIpc) is 2.97. The predicted octanol–water partition coefficient (Wildman–Crippen LogP) is 3.41. The SMILES string of the molecule is Cc1ccc(S(=O)(=O)OCCCC2C[C@@H]3OC(C)(C)O[C@@H]3C2)cc1. The molecule has 0 radical (unpaired) electrons. The summed E-state index contributed by atoms with van der Waals surface area (Å²) in [6.45, 7) is 6.03. The minimum atomic E-state index is -3.65. The van der Waals surface area contributed by atoms with E-state index in [1.807, 2.05) is 20.8 Å². The lowest BCUT2D eigenvalue weighted by Crippen LogP contribution is -2.23. The lowest BCUT2D eigenvalue weighted by atomic mass is 10.0. The van der Waals surface area contributed by atoms with Crippen LogP contribution in [-0.2, 0) is 23.8 Å². The standard InChI is InChI=1S/C18H26O5S/c1-13-6-8-15(9-7-13)24(19,20)21-10-4-5-14-11-16-17(12-14)23-18(2,3)22-16/h6-9,14,16-17H,4-5,10-12H2,1-3H3/t14?,16-,17+. The molecule has 3 atom stereocenters. The second kappa shape index (κ2) is 6.75. The number of fused-ring (bicyclic) bond motifs is 1. The zero-order chi connectivity index (χ0) is 17.4. The van der Waals surface area contributed by atoms with Crippen LogP contribution in [0.1, 0.15) is 45.1 Å². The van der Waals surface area contributed by atoms with Crippen LogP contribution in [0.3, 0.4) is 0 Å².